The number of phenolic OH excluding ortho intramolecular Hbond substituents is 1. The number of fused-ring (bicyclic) bond motifs is 1. The van der Waals surface area contributed by atoms with E-state index in [9.17, 15) is 15.0 Å². The molecule has 0 radical (unpaired) electrons. The Balaban J connectivity index is 2.39. The van der Waals surface area contributed by atoms with E-state index in [2.05, 4.69) is 0 Å². The predicted molar refractivity (Wildman–Crippen MR) is 65.2 cm³/mol. The number of hydrogen-bond acceptors (Lipinski definition) is 2. The zero-order valence-corrected chi connectivity index (χ0v) is 10.0. The first-order valence-electron chi connectivity index (χ1n) is 6.18. The fourth-order valence-electron chi connectivity index (χ4n) is 2.87. The van der Waals surface area contributed by atoms with Crippen LogP contribution in [0.25, 0.3) is 0 Å². The Hall–Kier alpha value is -1.51. The summed E-state index contributed by atoms with van der Waals surface area (Å²) in [5.41, 5.74) is 2.23. The highest BCUT2D eigenvalue weighted by Gasteiger charge is 2.31. The van der Waals surface area contributed by atoms with Gasteiger partial charge in [-0.3, -0.25) is 4.79 Å². The normalized spacial score (nSPS) is 20.6. The van der Waals surface area contributed by atoms with Gasteiger partial charge in [-0.2, -0.15) is 0 Å². The number of carboxylic acid groups (broad SMARTS) is 1. The molecular formula is C14H18O3. The van der Waals surface area contributed by atoms with Crippen molar-refractivity contribution in [1.82, 2.24) is 0 Å². The molecule has 1 aliphatic carbocycles. The van der Waals surface area contributed by atoms with Gasteiger partial charge in [-0.1, -0.05) is 13.0 Å². The molecule has 0 fully saturated rings. The van der Waals surface area contributed by atoms with Gasteiger partial charge in [0.05, 0.1) is 5.92 Å². The van der Waals surface area contributed by atoms with Crippen LogP contribution in [0.1, 0.15) is 43.2 Å². The first kappa shape index (κ1) is 12.0. The van der Waals surface area contributed by atoms with Gasteiger partial charge in [0.15, 0.2) is 0 Å². The highest BCUT2D eigenvalue weighted by Crippen LogP contribution is 2.39. The van der Waals surface area contributed by atoms with Crippen molar-refractivity contribution >= 4 is 5.97 Å². The number of carbonyl (C=O) groups is 1. The Morgan fingerprint density at radius 1 is 1.53 bits per heavy atom. The topological polar surface area (TPSA) is 57.5 Å². The monoisotopic (exact) mass is 234 g/mol. The number of hydrogen-bond donors (Lipinski definition) is 2. The lowest BCUT2D eigenvalue weighted by molar-refractivity contribution is -0.142. The van der Waals surface area contributed by atoms with Crippen LogP contribution in [0.4, 0.5) is 0 Å². The van der Waals surface area contributed by atoms with Gasteiger partial charge in [-0.25, -0.2) is 0 Å². The maximum Gasteiger partial charge on any atom is 0.307 e. The van der Waals surface area contributed by atoms with Crippen LogP contribution in [0.3, 0.4) is 0 Å². The molecule has 3 nitrogen and oxygen atoms in total. The molecule has 2 rings (SSSR count). The fourth-order valence-corrected chi connectivity index (χ4v) is 2.87. The summed E-state index contributed by atoms with van der Waals surface area (Å²) in [6, 6.07) is 5.35. The summed E-state index contributed by atoms with van der Waals surface area (Å²) in [6.45, 7) is 1.91. The van der Waals surface area contributed by atoms with Crippen LogP contribution in [-0.4, -0.2) is 16.2 Å². The average molecular weight is 234 g/mol. The van der Waals surface area contributed by atoms with E-state index in [0.29, 0.717) is 6.42 Å². The lowest BCUT2D eigenvalue weighted by Crippen LogP contribution is -2.24. The van der Waals surface area contributed by atoms with Crippen molar-refractivity contribution in [3.63, 3.8) is 0 Å². The molecular weight excluding hydrogens is 216 g/mol. The predicted octanol–water partition coefficient (Wildman–Crippen LogP) is 2.92. The highest BCUT2D eigenvalue weighted by atomic mass is 16.4. The smallest absolute Gasteiger partial charge is 0.307 e. The third-order valence-electron chi connectivity index (χ3n) is 3.73. The second-order valence-electron chi connectivity index (χ2n) is 4.73. The summed E-state index contributed by atoms with van der Waals surface area (Å²) in [4.78, 5) is 11.3. The van der Waals surface area contributed by atoms with E-state index < -0.39 is 5.97 Å². The van der Waals surface area contributed by atoms with Crippen molar-refractivity contribution < 1.29 is 15.0 Å². The number of aryl methyl sites for hydroxylation is 1. The summed E-state index contributed by atoms with van der Waals surface area (Å²) in [6.07, 6.45) is 3.56. The number of phenols is 1. The van der Waals surface area contributed by atoms with Gasteiger partial charge in [-0.05, 0) is 54.9 Å². The van der Waals surface area contributed by atoms with E-state index in [1.807, 2.05) is 13.0 Å². The van der Waals surface area contributed by atoms with E-state index >= 15 is 0 Å². The Kier molecular flexibility index (Phi) is 3.36. The van der Waals surface area contributed by atoms with Crippen LogP contribution in [0.5, 0.6) is 5.75 Å². The quantitative estimate of drug-likeness (QED) is 0.845. The van der Waals surface area contributed by atoms with Gasteiger partial charge in [0.2, 0.25) is 0 Å². The summed E-state index contributed by atoms with van der Waals surface area (Å²) in [5, 5.41) is 18.8. The third kappa shape index (κ3) is 2.28. The second kappa shape index (κ2) is 4.78. The Labute approximate surface area is 101 Å². The molecule has 0 aliphatic heterocycles. The SMILES string of the molecule is CCC(C(=O)O)C1CCCc2ccc(O)cc21. The molecule has 0 saturated carbocycles. The minimum Gasteiger partial charge on any atom is -0.508 e. The van der Waals surface area contributed by atoms with Crippen LogP contribution in [0.2, 0.25) is 0 Å². The van der Waals surface area contributed by atoms with Gasteiger partial charge in [0.25, 0.3) is 0 Å². The van der Waals surface area contributed by atoms with Crippen molar-refractivity contribution in [2.24, 2.45) is 5.92 Å². The minimum absolute atomic E-state index is 0.0494. The van der Waals surface area contributed by atoms with Crippen LogP contribution in [0.15, 0.2) is 18.2 Å². The molecule has 92 valence electrons. The van der Waals surface area contributed by atoms with Gasteiger partial charge in [0, 0.05) is 0 Å². The molecule has 0 bridgehead atoms. The molecule has 0 heterocycles. The fraction of sp³-hybridized carbons (Fsp3) is 0.500. The number of aromatic hydroxyl groups is 1. The Morgan fingerprint density at radius 3 is 2.94 bits per heavy atom. The van der Waals surface area contributed by atoms with Gasteiger partial charge < -0.3 is 10.2 Å². The van der Waals surface area contributed by atoms with Crippen LogP contribution < -0.4 is 0 Å². The number of aliphatic carboxylic acids is 1. The second-order valence-corrected chi connectivity index (χ2v) is 4.73. The number of rotatable bonds is 3. The lowest BCUT2D eigenvalue weighted by atomic mass is 9.75. The van der Waals surface area contributed by atoms with Crippen LogP contribution >= 0.6 is 0 Å². The van der Waals surface area contributed by atoms with Crippen molar-refractivity contribution in [2.45, 2.75) is 38.5 Å². The Bertz CT molecular complexity index is 425. The van der Waals surface area contributed by atoms with Gasteiger partial charge in [-0.15, -0.1) is 0 Å². The summed E-state index contributed by atoms with van der Waals surface area (Å²) in [7, 11) is 0. The molecule has 0 amide bonds. The molecule has 0 saturated heterocycles. The average Bonchev–Trinajstić information content (AvgIpc) is 2.30. The molecule has 0 aromatic heterocycles. The van der Waals surface area contributed by atoms with Crippen LogP contribution in [-0.2, 0) is 11.2 Å². The van der Waals surface area contributed by atoms with Gasteiger partial charge >= 0.3 is 5.97 Å². The zero-order chi connectivity index (χ0) is 12.4. The summed E-state index contributed by atoms with van der Waals surface area (Å²) in [5.74, 6) is -0.784. The molecule has 1 aromatic rings. The minimum atomic E-state index is -0.728. The first-order valence-corrected chi connectivity index (χ1v) is 6.18. The molecule has 3 heteroatoms. The van der Waals surface area contributed by atoms with Gasteiger partial charge in [0.1, 0.15) is 5.75 Å². The first-order chi connectivity index (χ1) is 8.13. The largest absolute Gasteiger partial charge is 0.508 e. The molecule has 2 N–H and O–H groups in total. The molecule has 0 spiro atoms. The van der Waals surface area contributed by atoms with Crippen molar-refractivity contribution in [1.29, 1.82) is 0 Å². The van der Waals surface area contributed by atoms with E-state index in [1.165, 1.54) is 5.56 Å². The van der Waals surface area contributed by atoms with E-state index in [4.69, 9.17) is 0 Å². The maximum absolute atomic E-state index is 11.3. The third-order valence-corrected chi connectivity index (χ3v) is 3.73. The summed E-state index contributed by atoms with van der Waals surface area (Å²) < 4.78 is 0. The van der Waals surface area contributed by atoms with E-state index in [-0.39, 0.29) is 17.6 Å². The lowest BCUT2D eigenvalue weighted by Gasteiger charge is -2.29. The molecule has 1 aliphatic rings. The summed E-state index contributed by atoms with van der Waals surface area (Å²) >= 11 is 0. The van der Waals surface area contributed by atoms with Crippen LogP contribution in [0, 0.1) is 5.92 Å². The molecule has 1 aromatic carbocycles. The molecule has 17 heavy (non-hydrogen) atoms. The van der Waals surface area contributed by atoms with Crippen molar-refractivity contribution in [2.75, 3.05) is 0 Å². The Morgan fingerprint density at radius 2 is 2.29 bits per heavy atom. The highest BCUT2D eigenvalue weighted by molar-refractivity contribution is 5.71. The number of benzene rings is 1. The van der Waals surface area contributed by atoms with Crippen molar-refractivity contribution in [3.8, 4) is 5.75 Å². The van der Waals surface area contributed by atoms with E-state index in [1.54, 1.807) is 12.1 Å². The van der Waals surface area contributed by atoms with E-state index in [0.717, 1.165) is 24.8 Å². The number of carboxylic acids is 1. The zero-order valence-electron chi connectivity index (χ0n) is 10.0. The standard InChI is InChI=1S/C14H18O3/c1-2-11(14(16)17)12-5-3-4-9-6-7-10(15)8-13(9)12/h6-8,11-12,15H,2-5H2,1H3,(H,16,17). The van der Waals surface area contributed by atoms with Crippen molar-refractivity contribution in [3.05, 3.63) is 29.3 Å². The molecule has 2 atom stereocenters. The maximum atomic E-state index is 11.3. The molecule has 2 unspecified atom stereocenters.